The molecule has 1 rings (SSSR count). The number of nitrogens with zero attached hydrogens (tertiary/aromatic N) is 3. The Morgan fingerprint density at radius 2 is 2.12 bits per heavy atom. The van der Waals surface area contributed by atoms with Crippen LogP contribution in [0.2, 0.25) is 0 Å². The third-order valence-corrected chi connectivity index (χ3v) is 2.42. The quantitative estimate of drug-likeness (QED) is 0.768. The molecular formula is C11H20N4O. The summed E-state index contributed by atoms with van der Waals surface area (Å²) in [6, 6.07) is 4.20. The molecule has 0 spiro atoms. The summed E-state index contributed by atoms with van der Waals surface area (Å²) in [4.78, 5) is 2.26. The first-order valence-electron chi connectivity index (χ1n) is 5.48. The second kappa shape index (κ2) is 6.40. The van der Waals surface area contributed by atoms with Crippen molar-refractivity contribution in [2.75, 3.05) is 20.2 Å². The van der Waals surface area contributed by atoms with Crippen LogP contribution in [-0.2, 0) is 6.54 Å². The molecule has 1 heterocycles. The van der Waals surface area contributed by atoms with E-state index < -0.39 is 0 Å². The van der Waals surface area contributed by atoms with Gasteiger partial charge < -0.3 is 10.5 Å². The fraction of sp³-hybridized carbons (Fsp3) is 0.636. The van der Waals surface area contributed by atoms with E-state index in [-0.39, 0.29) is 0 Å². The van der Waals surface area contributed by atoms with Gasteiger partial charge in [-0.1, -0.05) is 0 Å². The fourth-order valence-corrected chi connectivity index (χ4v) is 1.43. The first kappa shape index (κ1) is 12.9. The summed E-state index contributed by atoms with van der Waals surface area (Å²) in [6.07, 6.45) is 0. The van der Waals surface area contributed by atoms with E-state index in [0.717, 1.165) is 18.8 Å². The summed E-state index contributed by atoms with van der Waals surface area (Å²) in [6.45, 7) is 6.58. The first-order chi connectivity index (χ1) is 7.67. The van der Waals surface area contributed by atoms with Crippen LogP contribution in [0, 0.1) is 0 Å². The van der Waals surface area contributed by atoms with E-state index in [1.807, 2.05) is 12.1 Å². The molecule has 0 unspecified atom stereocenters. The molecule has 0 radical (unpaired) electrons. The Labute approximate surface area is 96.6 Å². The van der Waals surface area contributed by atoms with E-state index in [0.29, 0.717) is 18.5 Å². The molecule has 16 heavy (non-hydrogen) atoms. The fourth-order valence-electron chi connectivity index (χ4n) is 1.43. The van der Waals surface area contributed by atoms with Crippen molar-refractivity contribution in [1.82, 2.24) is 15.1 Å². The Kier molecular flexibility index (Phi) is 5.14. The molecule has 0 saturated carbocycles. The molecule has 5 heteroatoms. The second-order valence-electron chi connectivity index (χ2n) is 3.92. The molecule has 90 valence electrons. The summed E-state index contributed by atoms with van der Waals surface area (Å²) in [5.41, 5.74) is 6.50. The van der Waals surface area contributed by atoms with Gasteiger partial charge in [0.15, 0.2) is 0 Å². The highest BCUT2D eigenvalue weighted by Gasteiger charge is 2.10. The number of methoxy groups -OCH3 is 1. The van der Waals surface area contributed by atoms with Gasteiger partial charge in [0.25, 0.3) is 0 Å². The van der Waals surface area contributed by atoms with Crippen molar-refractivity contribution in [3.63, 3.8) is 0 Å². The van der Waals surface area contributed by atoms with Crippen LogP contribution < -0.4 is 10.5 Å². The molecule has 0 amide bonds. The smallest absolute Gasteiger partial charge is 0.233 e. The molecule has 0 bridgehead atoms. The predicted octanol–water partition coefficient (Wildman–Crippen LogP) is 0.654. The van der Waals surface area contributed by atoms with Gasteiger partial charge in [-0.15, -0.1) is 5.10 Å². The molecule has 0 aliphatic carbocycles. The average molecular weight is 224 g/mol. The molecule has 0 aliphatic rings. The van der Waals surface area contributed by atoms with Crippen LogP contribution in [-0.4, -0.2) is 41.3 Å². The van der Waals surface area contributed by atoms with E-state index >= 15 is 0 Å². The Balaban J connectivity index is 2.62. The molecule has 5 nitrogen and oxygen atoms in total. The Morgan fingerprint density at radius 1 is 1.38 bits per heavy atom. The summed E-state index contributed by atoms with van der Waals surface area (Å²) >= 11 is 0. The van der Waals surface area contributed by atoms with Crippen molar-refractivity contribution >= 4 is 0 Å². The van der Waals surface area contributed by atoms with Gasteiger partial charge in [0.1, 0.15) is 0 Å². The number of hydrogen-bond donors (Lipinski definition) is 1. The maximum absolute atomic E-state index is 5.57. The minimum atomic E-state index is 0.451. The lowest BCUT2D eigenvalue weighted by Crippen LogP contribution is -2.35. The van der Waals surface area contributed by atoms with Gasteiger partial charge in [-0.25, -0.2) is 0 Å². The lowest BCUT2D eigenvalue weighted by Gasteiger charge is -2.25. The third kappa shape index (κ3) is 3.75. The van der Waals surface area contributed by atoms with Gasteiger partial charge in [0, 0.05) is 31.7 Å². The van der Waals surface area contributed by atoms with Crippen LogP contribution in [0.4, 0.5) is 0 Å². The highest BCUT2D eigenvalue weighted by Crippen LogP contribution is 2.08. The third-order valence-electron chi connectivity index (χ3n) is 2.42. The first-order valence-corrected chi connectivity index (χ1v) is 5.48. The highest BCUT2D eigenvalue weighted by molar-refractivity contribution is 5.11. The summed E-state index contributed by atoms with van der Waals surface area (Å²) in [5.74, 6) is 0.540. The van der Waals surface area contributed by atoms with Crippen molar-refractivity contribution in [3.8, 4) is 5.88 Å². The van der Waals surface area contributed by atoms with Crippen LogP contribution in [0.1, 0.15) is 19.5 Å². The number of nitrogens with two attached hydrogens (primary N) is 1. The zero-order valence-corrected chi connectivity index (χ0v) is 10.2. The second-order valence-corrected chi connectivity index (χ2v) is 3.92. The summed E-state index contributed by atoms with van der Waals surface area (Å²) in [7, 11) is 1.58. The minimum Gasteiger partial charge on any atom is -0.480 e. The summed E-state index contributed by atoms with van der Waals surface area (Å²) in [5, 5.41) is 8.04. The topological polar surface area (TPSA) is 64.3 Å². The van der Waals surface area contributed by atoms with Crippen LogP contribution >= 0.6 is 0 Å². The largest absolute Gasteiger partial charge is 0.480 e. The summed E-state index contributed by atoms with van der Waals surface area (Å²) < 4.78 is 4.96. The maximum Gasteiger partial charge on any atom is 0.233 e. The van der Waals surface area contributed by atoms with E-state index in [4.69, 9.17) is 10.5 Å². The van der Waals surface area contributed by atoms with Crippen molar-refractivity contribution < 1.29 is 4.74 Å². The van der Waals surface area contributed by atoms with Gasteiger partial charge in [0.2, 0.25) is 5.88 Å². The Hall–Kier alpha value is -1.20. The van der Waals surface area contributed by atoms with Gasteiger partial charge in [-0.3, -0.25) is 4.90 Å². The molecule has 2 N–H and O–H groups in total. The zero-order chi connectivity index (χ0) is 12.0. The number of ether oxygens (including phenoxy) is 1. The number of rotatable bonds is 6. The molecule has 0 saturated heterocycles. The molecule has 1 aromatic heterocycles. The van der Waals surface area contributed by atoms with E-state index in [9.17, 15) is 0 Å². The molecule has 1 aromatic rings. The van der Waals surface area contributed by atoms with Gasteiger partial charge in [-0.05, 0) is 19.9 Å². The van der Waals surface area contributed by atoms with Crippen molar-refractivity contribution in [3.05, 3.63) is 17.8 Å². The van der Waals surface area contributed by atoms with E-state index in [1.54, 1.807) is 7.11 Å². The SMILES string of the molecule is COc1ccc(CN(CCN)C(C)C)nn1. The molecule has 0 aliphatic heterocycles. The van der Waals surface area contributed by atoms with Crippen LogP contribution in [0.3, 0.4) is 0 Å². The Morgan fingerprint density at radius 3 is 2.56 bits per heavy atom. The van der Waals surface area contributed by atoms with Crippen molar-refractivity contribution in [2.24, 2.45) is 5.73 Å². The van der Waals surface area contributed by atoms with E-state index in [1.165, 1.54) is 0 Å². The highest BCUT2D eigenvalue weighted by atomic mass is 16.5. The minimum absolute atomic E-state index is 0.451. The lowest BCUT2D eigenvalue weighted by atomic mass is 10.2. The zero-order valence-electron chi connectivity index (χ0n) is 10.2. The number of aromatic nitrogens is 2. The lowest BCUT2D eigenvalue weighted by molar-refractivity contribution is 0.215. The molecule has 0 atom stereocenters. The monoisotopic (exact) mass is 224 g/mol. The van der Waals surface area contributed by atoms with Crippen molar-refractivity contribution in [1.29, 1.82) is 0 Å². The van der Waals surface area contributed by atoms with Crippen LogP contribution in [0.25, 0.3) is 0 Å². The maximum atomic E-state index is 5.57. The van der Waals surface area contributed by atoms with Crippen molar-refractivity contribution in [2.45, 2.75) is 26.4 Å². The average Bonchev–Trinajstić information content (AvgIpc) is 2.29. The van der Waals surface area contributed by atoms with Gasteiger partial charge in [-0.2, -0.15) is 5.10 Å². The molecular weight excluding hydrogens is 204 g/mol. The van der Waals surface area contributed by atoms with Gasteiger partial charge >= 0.3 is 0 Å². The number of hydrogen-bond acceptors (Lipinski definition) is 5. The predicted molar refractivity (Wildman–Crippen MR) is 63.2 cm³/mol. The molecule has 0 aromatic carbocycles. The normalized spacial score (nSPS) is 11.1. The van der Waals surface area contributed by atoms with Gasteiger partial charge in [0.05, 0.1) is 12.8 Å². The van der Waals surface area contributed by atoms with Crippen LogP contribution in [0.15, 0.2) is 12.1 Å². The molecule has 0 fully saturated rings. The Bertz CT molecular complexity index is 299. The van der Waals surface area contributed by atoms with E-state index in [2.05, 4.69) is 28.9 Å². The van der Waals surface area contributed by atoms with Crippen LogP contribution in [0.5, 0.6) is 5.88 Å². The standard InChI is InChI=1S/C11H20N4O/c1-9(2)15(7-6-12)8-10-4-5-11(16-3)14-13-10/h4-5,9H,6-8,12H2,1-3H3.